The molecule has 0 aromatic rings. The highest BCUT2D eigenvalue weighted by atomic mass is 16.4. The van der Waals surface area contributed by atoms with E-state index < -0.39 is 5.97 Å². The lowest BCUT2D eigenvalue weighted by molar-refractivity contribution is -0.137. The largest absolute Gasteiger partial charge is 0.481 e. The zero-order chi connectivity index (χ0) is 13.0. The molecule has 5 heteroatoms. The number of aliphatic carboxylic acids is 1. The molecule has 2 saturated heterocycles. The van der Waals surface area contributed by atoms with Crippen molar-refractivity contribution in [3.8, 4) is 0 Å². The van der Waals surface area contributed by atoms with E-state index in [4.69, 9.17) is 5.11 Å². The summed E-state index contributed by atoms with van der Waals surface area (Å²) < 4.78 is 0. The minimum absolute atomic E-state index is 0.273. The van der Waals surface area contributed by atoms with E-state index in [9.17, 15) is 4.79 Å². The molecular formula is C13H25N3O2. The molecule has 0 aromatic carbocycles. The number of piperidine rings is 1. The van der Waals surface area contributed by atoms with Gasteiger partial charge in [0, 0.05) is 45.3 Å². The zero-order valence-corrected chi connectivity index (χ0v) is 11.3. The Morgan fingerprint density at radius 1 is 1.22 bits per heavy atom. The minimum Gasteiger partial charge on any atom is -0.481 e. The SMILES string of the molecule is CN1CCN(C2CCCN(CCC(=O)O)C2)CC1. The monoisotopic (exact) mass is 255 g/mol. The van der Waals surface area contributed by atoms with Gasteiger partial charge in [-0.2, -0.15) is 0 Å². The molecule has 2 fully saturated rings. The van der Waals surface area contributed by atoms with Crippen LogP contribution in [0.15, 0.2) is 0 Å². The van der Waals surface area contributed by atoms with Crippen LogP contribution in [0.1, 0.15) is 19.3 Å². The average molecular weight is 255 g/mol. The molecule has 2 heterocycles. The topological polar surface area (TPSA) is 47.0 Å². The summed E-state index contributed by atoms with van der Waals surface area (Å²) in [6.45, 7) is 7.47. The van der Waals surface area contributed by atoms with Crippen LogP contribution >= 0.6 is 0 Å². The fourth-order valence-corrected chi connectivity index (χ4v) is 2.97. The number of likely N-dealkylation sites (tertiary alicyclic amines) is 1. The molecular weight excluding hydrogens is 230 g/mol. The van der Waals surface area contributed by atoms with Gasteiger partial charge in [0.15, 0.2) is 0 Å². The summed E-state index contributed by atoms with van der Waals surface area (Å²) in [5.41, 5.74) is 0. The molecule has 2 rings (SSSR count). The first kappa shape index (κ1) is 13.8. The van der Waals surface area contributed by atoms with E-state index in [1.807, 2.05) is 0 Å². The maximum Gasteiger partial charge on any atom is 0.304 e. The van der Waals surface area contributed by atoms with Gasteiger partial charge in [0.2, 0.25) is 0 Å². The highest BCUT2D eigenvalue weighted by molar-refractivity contribution is 5.66. The van der Waals surface area contributed by atoms with Gasteiger partial charge < -0.3 is 14.9 Å². The van der Waals surface area contributed by atoms with Crippen LogP contribution in [0.5, 0.6) is 0 Å². The number of hydrogen-bond acceptors (Lipinski definition) is 4. The number of piperazine rings is 1. The Kier molecular flexibility index (Phi) is 4.97. The lowest BCUT2D eigenvalue weighted by atomic mass is 10.0. The standard InChI is InChI=1S/C13H25N3O2/c1-14-7-9-16(10-8-14)12-3-2-5-15(11-12)6-4-13(17)18/h12H,2-11H2,1H3,(H,17,18). The van der Waals surface area contributed by atoms with Gasteiger partial charge in [-0.25, -0.2) is 0 Å². The number of rotatable bonds is 4. The van der Waals surface area contributed by atoms with E-state index in [0.717, 1.165) is 39.3 Å². The quantitative estimate of drug-likeness (QED) is 0.776. The summed E-state index contributed by atoms with van der Waals surface area (Å²) in [5, 5.41) is 8.75. The van der Waals surface area contributed by atoms with Crippen molar-refractivity contribution < 1.29 is 9.90 Å². The maximum absolute atomic E-state index is 10.6. The van der Waals surface area contributed by atoms with Gasteiger partial charge in [-0.1, -0.05) is 0 Å². The summed E-state index contributed by atoms with van der Waals surface area (Å²) in [4.78, 5) is 17.9. The van der Waals surface area contributed by atoms with E-state index in [0.29, 0.717) is 12.6 Å². The number of carboxylic acids is 1. The number of carbonyl (C=O) groups is 1. The molecule has 1 atom stereocenters. The summed E-state index contributed by atoms with van der Waals surface area (Å²) in [7, 11) is 2.18. The molecule has 2 aliphatic heterocycles. The van der Waals surface area contributed by atoms with Crippen molar-refractivity contribution in [3.05, 3.63) is 0 Å². The third kappa shape index (κ3) is 3.93. The lowest BCUT2D eigenvalue weighted by Gasteiger charge is -2.42. The van der Waals surface area contributed by atoms with Crippen molar-refractivity contribution in [1.82, 2.24) is 14.7 Å². The fourth-order valence-electron chi connectivity index (χ4n) is 2.97. The molecule has 2 aliphatic rings. The second kappa shape index (κ2) is 6.50. The van der Waals surface area contributed by atoms with E-state index in [2.05, 4.69) is 21.7 Å². The van der Waals surface area contributed by atoms with Crippen molar-refractivity contribution in [2.75, 3.05) is 52.9 Å². The predicted molar refractivity (Wildman–Crippen MR) is 70.8 cm³/mol. The molecule has 1 unspecified atom stereocenters. The van der Waals surface area contributed by atoms with Gasteiger partial charge in [-0.05, 0) is 26.4 Å². The first-order valence-electron chi connectivity index (χ1n) is 7.02. The van der Waals surface area contributed by atoms with Crippen LogP contribution in [0, 0.1) is 0 Å². The van der Waals surface area contributed by atoms with Crippen LogP contribution in [0.4, 0.5) is 0 Å². The molecule has 0 saturated carbocycles. The van der Waals surface area contributed by atoms with Gasteiger partial charge in [-0.15, -0.1) is 0 Å². The summed E-state index contributed by atoms with van der Waals surface area (Å²) in [6.07, 6.45) is 2.75. The van der Waals surface area contributed by atoms with Gasteiger partial charge >= 0.3 is 5.97 Å². The van der Waals surface area contributed by atoms with Crippen LogP contribution in [0.25, 0.3) is 0 Å². The van der Waals surface area contributed by atoms with Crippen molar-refractivity contribution in [2.24, 2.45) is 0 Å². The number of hydrogen-bond donors (Lipinski definition) is 1. The van der Waals surface area contributed by atoms with Crippen LogP contribution in [0.2, 0.25) is 0 Å². The second-order valence-electron chi connectivity index (χ2n) is 5.58. The Morgan fingerprint density at radius 3 is 2.61 bits per heavy atom. The van der Waals surface area contributed by atoms with Gasteiger partial charge in [-0.3, -0.25) is 9.69 Å². The molecule has 18 heavy (non-hydrogen) atoms. The predicted octanol–water partition coefficient (Wildman–Crippen LogP) is 0.173. The molecule has 0 aromatic heterocycles. The zero-order valence-electron chi connectivity index (χ0n) is 11.3. The Hall–Kier alpha value is -0.650. The highest BCUT2D eigenvalue weighted by Crippen LogP contribution is 2.17. The number of carboxylic acid groups (broad SMARTS) is 1. The van der Waals surface area contributed by atoms with Gasteiger partial charge in [0.25, 0.3) is 0 Å². The average Bonchev–Trinajstić information content (AvgIpc) is 2.37. The van der Waals surface area contributed by atoms with E-state index in [-0.39, 0.29) is 6.42 Å². The second-order valence-corrected chi connectivity index (χ2v) is 5.58. The Morgan fingerprint density at radius 2 is 1.94 bits per heavy atom. The smallest absolute Gasteiger partial charge is 0.304 e. The lowest BCUT2D eigenvalue weighted by Crippen LogP contribution is -2.54. The molecule has 0 aliphatic carbocycles. The molecule has 0 spiro atoms. The molecule has 104 valence electrons. The van der Waals surface area contributed by atoms with Crippen molar-refractivity contribution in [3.63, 3.8) is 0 Å². The Labute approximate surface area is 109 Å². The van der Waals surface area contributed by atoms with E-state index in [1.54, 1.807) is 0 Å². The molecule has 5 nitrogen and oxygen atoms in total. The van der Waals surface area contributed by atoms with Gasteiger partial charge in [0.1, 0.15) is 0 Å². The van der Waals surface area contributed by atoms with Crippen LogP contribution in [-0.4, -0.2) is 84.7 Å². The molecule has 0 radical (unpaired) electrons. The third-order valence-corrected chi connectivity index (χ3v) is 4.18. The molecule has 0 amide bonds. The Balaban J connectivity index is 1.77. The van der Waals surface area contributed by atoms with Crippen molar-refractivity contribution >= 4 is 5.97 Å². The summed E-state index contributed by atoms with van der Waals surface area (Å²) in [5.74, 6) is -0.684. The van der Waals surface area contributed by atoms with Gasteiger partial charge in [0.05, 0.1) is 6.42 Å². The third-order valence-electron chi connectivity index (χ3n) is 4.18. The Bertz CT molecular complexity index is 277. The van der Waals surface area contributed by atoms with Crippen molar-refractivity contribution in [1.29, 1.82) is 0 Å². The highest BCUT2D eigenvalue weighted by Gasteiger charge is 2.27. The van der Waals surface area contributed by atoms with E-state index in [1.165, 1.54) is 12.8 Å². The summed E-state index contributed by atoms with van der Waals surface area (Å²) >= 11 is 0. The maximum atomic E-state index is 10.6. The van der Waals surface area contributed by atoms with Crippen LogP contribution < -0.4 is 0 Å². The minimum atomic E-state index is -0.684. The normalized spacial score (nSPS) is 28.4. The van der Waals surface area contributed by atoms with Crippen molar-refractivity contribution in [2.45, 2.75) is 25.3 Å². The number of nitrogens with zero attached hydrogens (tertiary/aromatic N) is 3. The first-order chi connectivity index (χ1) is 8.65. The van der Waals surface area contributed by atoms with E-state index >= 15 is 0 Å². The fraction of sp³-hybridized carbons (Fsp3) is 0.923. The van der Waals surface area contributed by atoms with Crippen LogP contribution in [-0.2, 0) is 4.79 Å². The molecule has 0 bridgehead atoms. The first-order valence-corrected chi connectivity index (χ1v) is 7.02. The molecule has 1 N–H and O–H groups in total. The van der Waals surface area contributed by atoms with Crippen LogP contribution in [0.3, 0.4) is 0 Å². The summed E-state index contributed by atoms with van der Waals surface area (Å²) in [6, 6.07) is 0.640. The number of likely N-dealkylation sites (N-methyl/N-ethyl adjacent to an activating group) is 1.